The standard InChI is InChI=1S/C26H22N2O5S/c1-4-32-17-9-7-16(8-10-17)22-20(23(29)18-6-5-11-33-18)24(30)25(31)28(22)26-27-21-15(3)12-14(2)13-19(21)34-26/h5-13,22,30H,4H2,1-3H3/t22-/m0/s1. The fourth-order valence-corrected chi connectivity index (χ4v) is 5.43. The van der Waals surface area contributed by atoms with E-state index in [2.05, 4.69) is 0 Å². The zero-order valence-electron chi connectivity index (χ0n) is 18.9. The number of hydrogen-bond acceptors (Lipinski definition) is 7. The molecule has 0 spiro atoms. The van der Waals surface area contributed by atoms with Gasteiger partial charge in [0.2, 0.25) is 5.78 Å². The second kappa shape index (κ2) is 8.46. The van der Waals surface area contributed by atoms with Gasteiger partial charge in [0.05, 0.1) is 34.7 Å². The molecular weight excluding hydrogens is 452 g/mol. The first-order valence-electron chi connectivity index (χ1n) is 10.8. The van der Waals surface area contributed by atoms with E-state index in [1.807, 2.05) is 32.9 Å². The van der Waals surface area contributed by atoms with Crippen molar-refractivity contribution in [3.05, 3.63) is 88.6 Å². The van der Waals surface area contributed by atoms with Gasteiger partial charge in [-0.15, -0.1) is 0 Å². The molecule has 1 aliphatic rings. The minimum atomic E-state index is -0.872. The summed E-state index contributed by atoms with van der Waals surface area (Å²) in [6, 6.07) is 13.4. The summed E-state index contributed by atoms with van der Waals surface area (Å²) in [6.45, 7) is 6.38. The fraction of sp³-hybridized carbons (Fsp3) is 0.192. The van der Waals surface area contributed by atoms with E-state index in [1.165, 1.54) is 28.6 Å². The van der Waals surface area contributed by atoms with E-state index in [-0.39, 0.29) is 11.3 Å². The number of carbonyl (C=O) groups excluding carboxylic acids is 2. The maximum absolute atomic E-state index is 13.3. The van der Waals surface area contributed by atoms with Crippen LogP contribution in [0.2, 0.25) is 0 Å². The number of rotatable bonds is 6. The number of carbonyl (C=O) groups is 2. The minimum Gasteiger partial charge on any atom is -0.503 e. The Hall–Kier alpha value is -3.91. The third kappa shape index (κ3) is 3.56. The van der Waals surface area contributed by atoms with Crippen molar-refractivity contribution in [3.8, 4) is 5.75 Å². The van der Waals surface area contributed by atoms with Gasteiger partial charge in [-0.1, -0.05) is 29.5 Å². The van der Waals surface area contributed by atoms with Crippen molar-refractivity contribution in [2.45, 2.75) is 26.8 Å². The molecule has 7 nitrogen and oxygen atoms in total. The van der Waals surface area contributed by atoms with Gasteiger partial charge in [-0.2, -0.15) is 0 Å². The van der Waals surface area contributed by atoms with E-state index in [0.717, 1.165) is 21.3 Å². The highest BCUT2D eigenvalue weighted by atomic mass is 32.1. The van der Waals surface area contributed by atoms with Crippen LogP contribution in [0.25, 0.3) is 10.2 Å². The third-order valence-corrected chi connectivity index (χ3v) is 6.73. The molecule has 1 atom stereocenters. The van der Waals surface area contributed by atoms with E-state index in [9.17, 15) is 14.7 Å². The van der Waals surface area contributed by atoms with Crippen molar-refractivity contribution in [3.63, 3.8) is 0 Å². The number of anilines is 1. The van der Waals surface area contributed by atoms with Gasteiger partial charge in [-0.05, 0) is 67.8 Å². The van der Waals surface area contributed by atoms with Gasteiger partial charge in [0.1, 0.15) is 5.75 Å². The summed E-state index contributed by atoms with van der Waals surface area (Å²) in [5, 5.41) is 11.3. The van der Waals surface area contributed by atoms with Crippen molar-refractivity contribution in [2.24, 2.45) is 0 Å². The highest BCUT2D eigenvalue weighted by Crippen LogP contribution is 2.44. The van der Waals surface area contributed by atoms with Crippen LogP contribution in [0.1, 0.15) is 40.2 Å². The van der Waals surface area contributed by atoms with Gasteiger partial charge in [-0.3, -0.25) is 14.5 Å². The van der Waals surface area contributed by atoms with Crippen LogP contribution in [0.4, 0.5) is 5.13 Å². The molecule has 1 amide bonds. The molecule has 1 N–H and O–H groups in total. The molecule has 4 aromatic rings. The molecule has 0 bridgehead atoms. The van der Waals surface area contributed by atoms with E-state index < -0.39 is 23.5 Å². The second-order valence-electron chi connectivity index (χ2n) is 8.07. The number of ketones is 1. The third-order valence-electron chi connectivity index (χ3n) is 5.73. The minimum absolute atomic E-state index is 0.0444. The lowest BCUT2D eigenvalue weighted by Gasteiger charge is -2.24. The zero-order chi connectivity index (χ0) is 24.0. The Bertz CT molecular complexity index is 1430. The first-order chi connectivity index (χ1) is 16.4. The number of amides is 1. The van der Waals surface area contributed by atoms with E-state index in [0.29, 0.717) is 23.1 Å². The topological polar surface area (TPSA) is 92.9 Å². The number of hydrogen-bond donors (Lipinski definition) is 1. The highest BCUT2D eigenvalue weighted by Gasteiger charge is 2.46. The quantitative estimate of drug-likeness (QED) is 0.361. The lowest BCUT2D eigenvalue weighted by molar-refractivity contribution is -0.117. The Morgan fingerprint density at radius 1 is 1.21 bits per heavy atom. The normalized spacial score (nSPS) is 16.0. The van der Waals surface area contributed by atoms with Crippen LogP contribution in [0.5, 0.6) is 5.75 Å². The van der Waals surface area contributed by atoms with Gasteiger partial charge in [0.15, 0.2) is 16.7 Å². The largest absolute Gasteiger partial charge is 0.503 e. The molecule has 3 heterocycles. The molecule has 0 saturated carbocycles. The molecule has 0 saturated heterocycles. The smallest absolute Gasteiger partial charge is 0.296 e. The molecule has 172 valence electrons. The van der Waals surface area contributed by atoms with E-state index in [4.69, 9.17) is 14.1 Å². The van der Waals surface area contributed by atoms with E-state index >= 15 is 0 Å². The fourth-order valence-electron chi connectivity index (χ4n) is 4.27. The average molecular weight is 475 g/mol. The predicted molar refractivity (Wildman–Crippen MR) is 130 cm³/mol. The van der Waals surface area contributed by atoms with Crippen LogP contribution in [0.3, 0.4) is 0 Å². The van der Waals surface area contributed by atoms with Gasteiger partial charge in [0.25, 0.3) is 5.91 Å². The molecule has 5 rings (SSSR count). The molecule has 0 radical (unpaired) electrons. The Morgan fingerprint density at radius 3 is 2.65 bits per heavy atom. The highest BCUT2D eigenvalue weighted by molar-refractivity contribution is 7.22. The summed E-state index contributed by atoms with van der Waals surface area (Å²) in [4.78, 5) is 32.8. The maximum Gasteiger partial charge on any atom is 0.296 e. The Balaban J connectivity index is 1.67. The van der Waals surface area contributed by atoms with Gasteiger partial charge < -0.3 is 14.3 Å². The number of aromatic nitrogens is 1. The van der Waals surface area contributed by atoms with Crippen LogP contribution in [0, 0.1) is 13.8 Å². The molecule has 34 heavy (non-hydrogen) atoms. The monoisotopic (exact) mass is 474 g/mol. The number of nitrogens with zero attached hydrogens (tertiary/aromatic N) is 2. The number of benzene rings is 2. The summed E-state index contributed by atoms with van der Waals surface area (Å²) >= 11 is 1.35. The molecule has 1 aliphatic heterocycles. The number of ether oxygens (including phenoxy) is 1. The van der Waals surface area contributed by atoms with Crippen molar-refractivity contribution >= 4 is 38.4 Å². The number of aliphatic hydroxyl groups is 1. The molecule has 2 aromatic carbocycles. The summed E-state index contributed by atoms with van der Waals surface area (Å²) in [5.74, 6) is -1.12. The lowest BCUT2D eigenvalue weighted by Crippen LogP contribution is -2.30. The summed E-state index contributed by atoms with van der Waals surface area (Å²) in [7, 11) is 0. The Labute approximate surface area is 199 Å². The number of aryl methyl sites for hydroxylation is 2. The van der Waals surface area contributed by atoms with Gasteiger partial charge >= 0.3 is 0 Å². The van der Waals surface area contributed by atoms with Crippen LogP contribution < -0.4 is 9.64 Å². The molecular formula is C26H22N2O5S. The van der Waals surface area contributed by atoms with Crippen molar-refractivity contribution in [2.75, 3.05) is 11.5 Å². The zero-order valence-corrected chi connectivity index (χ0v) is 19.7. The molecule has 0 fully saturated rings. The molecule has 0 unspecified atom stereocenters. The van der Waals surface area contributed by atoms with Crippen LogP contribution >= 0.6 is 11.3 Å². The molecule has 0 aliphatic carbocycles. The molecule has 8 heteroatoms. The van der Waals surface area contributed by atoms with E-state index in [1.54, 1.807) is 30.3 Å². The number of furan rings is 1. The number of Topliss-reactive ketones (excluding diaryl/α,β-unsaturated/α-hetero) is 1. The number of fused-ring (bicyclic) bond motifs is 1. The lowest BCUT2D eigenvalue weighted by atomic mass is 9.95. The average Bonchev–Trinajstić information content (AvgIpc) is 3.54. The van der Waals surface area contributed by atoms with Crippen LogP contribution in [0.15, 0.2) is 70.5 Å². The van der Waals surface area contributed by atoms with Crippen molar-refractivity contribution in [1.82, 2.24) is 4.98 Å². The van der Waals surface area contributed by atoms with Gasteiger partial charge in [0, 0.05) is 0 Å². The first-order valence-corrected chi connectivity index (χ1v) is 11.7. The number of thiazole rings is 1. The van der Waals surface area contributed by atoms with Crippen LogP contribution in [-0.2, 0) is 4.79 Å². The Kier molecular flexibility index (Phi) is 5.45. The number of aliphatic hydroxyl groups excluding tert-OH is 1. The summed E-state index contributed by atoms with van der Waals surface area (Å²) in [5.41, 5.74) is 3.46. The summed E-state index contributed by atoms with van der Waals surface area (Å²) in [6.07, 6.45) is 1.38. The maximum atomic E-state index is 13.3. The Morgan fingerprint density at radius 2 is 1.97 bits per heavy atom. The van der Waals surface area contributed by atoms with Gasteiger partial charge in [-0.25, -0.2) is 4.98 Å². The van der Waals surface area contributed by atoms with Crippen molar-refractivity contribution < 1.29 is 23.8 Å². The SMILES string of the molecule is CCOc1ccc([C@H]2C(C(=O)c3ccco3)=C(O)C(=O)N2c2nc3c(C)cc(C)cc3s2)cc1. The molecule has 2 aromatic heterocycles. The summed E-state index contributed by atoms with van der Waals surface area (Å²) < 4.78 is 11.8. The second-order valence-corrected chi connectivity index (χ2v) is 9.08. The predicted octanol–water partition coefficient (Wildman–Crippen LogP) is 5.69. The van der Waals surface area contributed by atoms with Crippen LogP contribution in [-0.4, -0.2) is 28.4 Å². The van der Waals surface area contributed by atoms with Crippen molar-refractivity contribution in [1.29, 1.82) is 0 Å². The first kappa shape index (κ1) is 21.9.